The minimum Gasteiger partial charge on any atom is -0.382 e. The summed E-state index contributed by atoms with van der Waals surface area (Å²) in [5.41, 5.74) is 8.05. The van der Waals surface area contributed by atoms with E-state index in [1.54, 1.807) is 17.5 Å². The summed E-state index contributed by atoms with van der Waals surface area (Å²) in [6, 6.07) is 8.19. The van der Waals surface area contributed by atoms with E-state index < -0.39 is 0 Å². The summed E-state index contributed by atoms with van der Waals surface area (Å²) in [5, 5.41) is 3.21. The van der Waals surface area contributed by atoms with Gasteiger partial charge in [0.15, 0.2) is 0 Å². The predicted octanol–water partition coefficient (Wildman–Crippen LogP) is 3.53. The molecule has 21 heavy (non-hydrogen) atoms. The van der Waals surface area contributed by atoms with E-state index in [0.29, 0.717) is 5.82 Å². The van der Waals surface area contributed by atoms with Gasteiger partial charge >= 0.3 is 0 Å². The van der Waals surface area contributed by atoms with Gasteiger partial charge in [-0.1, -0.05) is 12.1 Å². The molecule has 0 fully saturated rings. The highest BCUT2D eigenvalue weighted by atomic mass is 32.1. The Hall–Kier alpha value is -1.92. The van der Waals surface area contributed by atoms with Crippen LogP contribution in [-0.4, -0.2) is 22.9 Å². The molecule has 0 aliphatic heterocycles. The minimum absolute atomic E-state index is 0.575. The fourth-order valence-corrected chi connectivity index (χ4v) is 3.69. The summed E-state index contributed by atoms with van der Waals surface area (Å²) < 4.78 is 4.31. The molecule has 0 saturated carbocycles. The Morgan fingerprint density at radius 2 is 2.19 bits per heavy atom. The zero-order chi connectivity index (χ0) is 14.7. The highest BCUT2D eigenvalue weighted by molar-refractivity contribution is 7.11. The molecular weight excluding hydrogens is 300 g/mol. The molecule has 0 atom stereocenters. The van der Waals surface area contributed by atoms with Crippen molar-refractivity contribution in [1.82, 2.24) is 9.36 Å². The number of anilines is 2. The van der Waals surface area contributed by atoms with Gasteiger partial charge in [0.2, 0.25) is 0 Å². The summed E-state index contributed by atoms with van der Waals surface area (Å²) in [6.07, 6.45) is 4.62. The molecular formula is C15H16N4S2. The lowest BCUT2D eigenvalue weighted by atomic mass is 10.1. The van der Waals surface area contributed by atoms with Crippen LogP contribution in [0, 0.1) is 0 Å². The fourth-order valence-electron chi connectivity index (χ4n) is 2.17. The first-order valence-corrected chi connectivity index (χ1v) is 8.30. The largest absolute Gasteiger partial charge is 0.382 e. The molecule has 6 heteroatoms. The number of nitrogens with two attached hydrogens (primary N) is 1. The highest BCUT2D eigenvalue weighted by Crippen LogP contribution is 2.38. The maximum Gasteiger partial charge on any atom is 0.147 e. The van der Waals surface area contributed by atoms with E-state index in [1.807, 2.05) is 18.3 Å². The maximum absolute atomic E-state index is 6.05. The van der Waals surface area contributed by atoms with Gasteiger partial charge in [-0.2, -0.15) is 4.37 Å². The lowest BCUT2D eigenvalue weighted by Crippen LogP contribution is -2.19. The molecule has 3 rings (SSSR count). The molecule has 0 spiro atoms. The van der Waals surface area contributed by atoms with E-state index in [4.69, 9.17) is 5.73 Å². The lowest BCUT2D eigenvalue weighted by Gasteiger charge is -2.18. The molecule has 3 heterocycles. The number of pyridine rings is 1. The lowest BCUT2D eigenvalue weighted by molar-refractivity contribution is 0.897. The van der Waals surface area contributed by atoms with E-state index in [2.05, 4.69) is 38.8 Å². The summed E-state index contributed by atoms with van der Waals surface area (Å²) in [4.78, 5) is 7.78. The predicted molar refractivity (Wildman–Crippen MR) is 91.1 cm³/mol. The van der Waals surface area contributed by atoms with E-state index in [9.17, 15) is 0 Å². The van der Waals surface area contributed by atoms with E-state index in [-0.39, 0.29) is 0 Å². The second-order valence-electron chi connectivity index (χ2n) is 4.74. The van der Waals surface area contributed by atoms with Crippen LogP contribution in [0.15, 0.2) is 42.0 Å². The Morgan fingerprint density at radius 1 is 1.29 bits per heavy atom. The van der Waals surface area contributed by atoms with Crippen LogP contribution in [0.5, 0.6) is 0 Å². The van der Waals surface area contributed by atoms with Gasteiger partial charge in [0.1, 0.15) is 10.8 Å². The van der Waals surface area contributed by atoms with Crippen molar-refractivity contribution >= 4 is 33.7 Å². The van der Waals surface area contributed by atoms with Crippen LogP contribution in [0.2, 0.25) is 0 Å². The average molecular weight is 316 g/mol. The number of thiophene rings is 1. The third kappa shape index (κ3) is 3.06. The fraction of sp³-hybridized carbons (Fsp3) is 0.200. The molecule has 3 aromatic rings. The third-order valence-electron chi connectivity index (χ3n) is 3.27. The van der Waals surface area contributed by atoms with Crippen LogP contribution in [0.25, 0.3) is 11.1 Å². The maximum atomic E-state index is 6.05. The summed E-state index contributed by atoms with van der Waals surface area (Å²) in [5.74, 6) is 0.575. The molecule has 0 radical (unpaired) electrons. The second-order valence-corrected chi connectivity index (χ2v) is 6.52. The van der Waals surface area contributed by atoms with Crippen molar-refractivity contribution in [2.45, 2.75) is 6.42 Å². The average Bonchev–Trinajstić information content (AvgIpc) is 3.15. The standard InChI is InChI=1S/C15H16N4S2/c1-19(8-6-12-5-3-9-20-12)15-13(14(16)18-21-15)11-4-2-7-17-10-11/h2-5,7,9-10H,6,8H2,1H3,(H2,16,18). The summed E-state index contributed by atoms with van der Waals surface area (Å²) in [6.45, 7) is 0.940. The molecule has 0 aromatic carbocycles. The Kier molecular flexibility index (Phi) is 4.17. The molecule has 0 bridgehead atoms. The first-order valence-electron chi connectivity index (χ1n) is 6.65. The molecule has 0 aliphatic carbocycles. The number of aromatic nitrogens is 2. The third-order valence-corrected chi connectivity index (χ3v) is 5.18. The number of likely N-dealkylation sites (N-methyl/N-ethyl adjacent to an activating group) is 1. The second kappa shape index (κ2) is 6.24. The topological polar surface area (TPSA) is 55.0 Å². The van der Waals surface area contributed by atoms with E-state index >= 15 is 0 Å². The first-order chi connectivity index (χ1) is 10.3. The van der Waals surface area contributed by atoms with Crippen molar-refractivity contribution in [3.8, 4) is 11.1 Å². The molecule has 0 aliphatic rings. The molecule has 0 saturated heterocycles. The van der Waals surface area contributed by atoms with Crippen LogP contribution in [0.1, 0.15) is 4.88 Å². The quantitative estimate of drug-likeness (QED) is 0.782. The number of nitrogen functional groups attached to an aromatic ring is 1. The van der Waals surface area contributed by atoms with Gasteiger partial charge in [-0.3, -0.25) is 4.98 Å². The van der Waals surface area contributed by atoms with Crippen LogP contribution >= 0.6 is 22.9 Å². The Balaban J connectivity index is 1.82. The smallest absolute Gasteiger partial charge is 0.147 e. The molecule has 3 aromatic heterocycles. The van der Waals surface area contributed by atoms with Crippen LogP contribution in [0.4, 0.5) is 10.8 Å². The Labute approximate surface area is 132 Å². The van der Waals surface area contributed by atoms with E-state index in [0.717, 1.165) is 29.1 Å². The highest BCUT2D eigenvalue weighted by Gasteiger charge is 2.17. The van der Waals surface area contributed by atoms with Crippen LogP contribution in [0.3, 0.4) is 0 Å². The molecule has 4 nitrogen and oxygen atoms in total. The van der Waals surface area contributed by atoms with Crippen molar-refractivity contribution in [2.24, 2.45) is 0 Å². The Bertz CT molecular complexity index is 692. The first kappa shape index (κ1) is 14.0. The number of rotatable bonds is 5. The van der Waals surface area contributed by atoms with Crippen LogP contribution < -0.4 is 10.6 Å². The van der Waals surface area contributed by atoms with Gasteiger partial charge < -0.3 is 10.6 Å². The van der Waals surface area contributed by atoms with Gasteiger partial charge in [0.25, 0.3) is 0 Å². The molecule has 2 N–H and O–H groups in total. The molecule has 0 amide bonds. The zero-order valence-electron chi connectivity index (χ0n) is 11.7. The SMILES string of the molecule is CN(CCc1cccs1)c1snc(N)c1-c1cccnc1. The van der Waals surface area contributed by atoms with Crippen molar-refractivity contribution in [1.29, 1.82) is 0 Å². The van der Waals surface area contributed by atoms with Crippen LogP contribution in [-0.2, 0) is 6.42 Å². The molecule has 0 unspecified atom stereocenters. The Morgan fingerprint density at radius 3 is 2.90 bits per heavy atom. The number of hydrogen-bond donors (Lipinski definition) is 1. The van der Waals surface area contributed by atoms with Crippen molar-refractivity contribution in [2.75, 3.05) is 24.2 Å². The van der Waals surface area contributed by atoms with Crippen molar-refractivity contribution in [3.05, 3.63) is 46.9 Å². The van der Waals surface area contributed by atoms with Crippen molar-refractivity contribution in [3.63, 3.8) is 0 Å². The normalized spacial score (nSPS) is 10.7. The minimum atomic E-state index is 0.575. The number of nitrogens with zero attached hydrogens (tertiary/aromatic N) is 3. The van der Waals surface area contributed by atoms with Gasteiger partial charge in [0.05, 0.1) is 5.56 Å². The van der Waals surface area contributed by atoms with E-state index in [1.165, 1.54) is 16.4 Å². The van der Waals surface area contributed by atoms with Gasteiger partial charge in [0, 0.05) is 36.4 Å². The molecule has 108 valence electrons. The zero-order valence-corrected chi connectivity index (χ0v) is 13.3. The van der Waals surface area contributed by atoms with Gasteiger partial charge in [-0.15, -0.1) is 11.3 Å². The van der Waals surface area contributed by atoms with Gasteiger partial charge in [-0.25, -0.2) is 0 Å². The van der Waals surface area contributed by atoms with Gasteiger partial charge in [-0.05, 0) is 35.5 Å². The summed E-state index contributed by atoms with van der Waals surface area (Å²) >= 11 is 3.24. The van der Waals surface area contributed by atoms with Crippen molar-refractivity contribution < 1.29 is 0 Å². The number of hydrogen-bond acceptors (Lipinski definition) is 6. The monoisotopic (exact) mass is 316 g/mol. The summed E-state index contributed by atoms with van der Waals surface area (Å²) in [7, 11) is 2.08.